The largest absolute Gasteiger partial charge is 0.492 e. The number of nitrogens with one attached hydrogen (secondary N) is 1. The molecule has 8 heteroatoms. The lowest BCUT2D eigenvalue weighted by Crippen LogP contribution is -2.31. The first-order valence-electron chi connectivity index (χ1n) is 10.2. The molecule has 30 heavy (non-hydrogen) atoms. The number of ether oxygens (including phenoxy) is 1. The average molecular weight is 446 g/mol. The van der Waals surface area contributed by atoms with Gasteiger partial charge in [0.25, 0.3) is 5.56 Å². The quantitative estimate of drug-likeness (QED) is 0.596. The molecular formula is C22H24ClN3O3S. The van der Waals surface area contributed by atoms with Gasteiger partial charge in [0.1, 0.15) is 23.0 Å². The zero-order valence-electron chi connectivity index (χ0n) is 16.9. The Morgan fingerprint density at radius 2 is 2.03 bits per heavy atom. The second-order valence-electron chi connectivity index (χ2n) is 7.52. The van der Waals surface area contributed by atoms with E-state index in [0.29, 0.717) is 36.2 Å². The number of amides is 1. The van der Waals surface area contributed by atoms with Gasteiger partial charge in [0.15, 0.2) is 0 Å². The Morgan fingerprint density at radius 3 is 2.83 bits per heavy atom. The van der Waals surface area contributed by atoms with E-state index in [9.17, 15) is 9.59 Å². The van der Waals surface area contributed by atoms with Crippen LogP contribution in [0.25, 0.3) is 10.2 Å². The normalized spacial score (nSPS) is 13.3. The van der Waals surface area contributed by atoms with Crippen LogP contribution in [0.4, 0.5) is 0 Å². The minimum absolute atomic E-state index is 0.0112. The minimum atomic E-state index is -0.0773. The van der Waals surface area contributed by atoms with E-state index < -0.39 is 0 Å². The molecule has 1 N–H and O–H groups in total. The standard InChI is InChI=1S/C22H24ClN3O3S/c1-26(12-13-29-15-8-6-14(23)7-9-15)19(27)11-10-18-24-21(28)20-16-4-2-3-5-17(16)30-22(20)25-18/h6-9H,2-5,10-13H2,1H3,(H,24,25,28). The SMILES string of the molecule is CN(CCOc1ccc(Cl)cc1)C(=O)CCc1nc2sc3c(c2c(=O)[nH]1)CCCC3. The van der Waals surface area contributed by atoms with Crippen molar-refractivity contribution in [1.29, 1.82) is 0 Å². The van der Waals surface area contributed by atoms with Gasteiger partial charge >= 0.3 is 0 Å². The number of hydrogen-bond acceptors (Lipinski definition) is 5. The van der Waals surface area contributed by atoms with Crippen LogP contribution < -0.4 is 10.3 Å². The number of aryl methyl sites for hydroxylation is 3. The number of aromatic amines is 1. The molecule has 0 saturated heterocycles. The molecule has 1 aliphatic carbocycles. The van der Waals surface area contributed by atoms with Gasteiger partial charge in [0, 0.05) is 29.8 Å². The van der Waals surface area contributed by atoms with Crippen LogP contribution in [0.2, 0.25) is 5.02 Å². The number of H-pyrrole nitrogens is 1. The molecule has 0 unspecified atom stereocenters. The van der Waals surface area contributed by atoms with Crippen LogP contribution in [-0.4, -0.2) is 41.0 Å². The summed E-state index contributed by atoms with van der Waals surface area (Å²) in [5.74, 6) is 1.28. The zero-order chi connectivity index (χ0) is 21.1. The number of carbonyl (C=O) groups excluding carboxylic acids is 1. The van der Waals surface area contributed by atoms with Gasteiger partial charge in [0.2, 0.25) is 5.91 Å². The third kappa shape index (κ3) is 4.68. The van der Waals surface area contributed by atoms with E-state index in [4.69, 9.17) is 16.3 Å². The van der Waals surface area contributed by atoms with E-state index in [1.54, 1.807) is 47.5 Å². The molecule has 0 fully saturated rings. The molecule has 0 aliphatic heterocycles. The van der Waals surface area contributed by atoms with Crippen molar-refractivity contribution in [2.45, 2.75) is 38.5 Å². The molecule has 0 radical (unpaired) electrons. The molecule has 158 valence electrons. The second-order valence-corrected chi connectivity index (χ2v) is 9.04. The fraction of sp³-hybridized carbons (Fsp3) is 0.409. The lowest BCUT2D eigenvalue weighted by molar-refractivity contribution is -0.130. The number of carbonyl (C=O) groups is 1. The summed E-state index contributed by atoms with van der Waals surface area (Å²) in [4.78, 5) is 36.3. The number of halogens is 1. The number of thiophene rings is 1. The van der Waals surface area contributed by atoms with Crippen molar-refractivity contribution >= 4 is 39.1 Å². The maximum Gasteiger partial charge on any atom is 0.259 e. The van der Waals surface area contributed by atoms with Crippen LogP contribution in [0.3, 0.4) is 0 Å². The molecule has 6 nitrogen and oxygen atoms in total. The summed E-state index contributed by atoms with van der Waals surface area (Å²) in [5, 5.41) is 1.41. The predicted octanol–water partition coefficient (Wildman–Crippen LogP) is 3.99. The highest BCUT2D eigenvalue weighted by Crippen LogP contribution is 2.33. The maximum absolute atomic E-state index is 12.6. The highest BCUT2D eigenvalue weighted by Gasteiger charge is 2.20. The highest BCUT2D eigenvalue weighted by atomic mass is 35.5. The summed E-state index contributed by atoms with van der Waals surface area (Å²) < 4.78 is 5.64. The van der Waals surface area contributed by atoms with Crippen LogP contribution in [0.15, 0.2) is 29.1 Å². The topological polar surface area (TPSA) is 75.3 Å². The van der Waals surface area contributed by atoms with Gasteiger partial charge in [-0.15, -0.1) is 11.3 Å². The summed E-state index contributed by atoms with van der Waals surface area (Å²) in [6.45, 7) is 0.869. The molecule has 2 aromatic heterocycles. The maximum atomic E-state index is 12.6. The van der Waals surface area contributed by atoms with E-state index in [-0.39, 0.29) is 17.9 Å². The summed E-state index contributed by atoms with van der Waals surface area (Å²) in [5.41, 5.74) is 1.10. The van der Waals surface area contributed by atoms with Crippen LogP contribution in [0.5, 0.6) is 5.75 Å². The lowest BCUT2D eigenvalue weighted by atomic mass is 9.97. The summed E-state index contributed by atoms with van der Waals surface area (Å²) >= 11 is 7.48. The summed E-state index contributed by atoms with van der Waals surface area (Å²) in [6.07, 6.45) is 5.00. The fourth-order valence-corrected chi connectivity index (χ4v) is 5.11. The van der Waals surface area contributed by atoms with Gasteiger partial charge < -0.3 is 14.6 Å². The molecule has 0 atom stereocenters. The smallest absolute Gasteiger partial charge is 0.259 e. The Balaban J connectivity index is 1.32. The van der Waals surface area contributed by atoms with Crippen LogP contribution in [-0.2, 0) is 24.1 Å². The number of likely N-dealkylation sites (N-methyl/N-ethyl adjacent to an activating group) is 1. The van der Waals surface area contributed by atoms with Gasteiger partial charge in [-0.25, -0.2) is 4.98 Å². The van der Waals surface area contributed by atoms with Gasteiger partial charge in [-0.1, -0.05) is 11.6 Å². The Kier molecular flexibility index (Phi) is 6.39. The third-order valence-corrected chi connectivity index (χ3v) is 6.82. The zero-order valence-corrected chi connectivity index (χ0v) is 18.4. The van der Waals surface area contributed by atoms with E-state index >= 15 is 0 Å². The first-order chi connectivity index (χ1) is 14.5. The highest BCUT2D eigenvalue weighted by molar-refractivity contribution is 7.18. The molecule has 0 bridgehead atoms. The average Bonchev–Trinajstić information content (AvgIpc) is 3.12. The number of aromatic nitrogens is 2. The van der Waals surface area contributed by atoms with E-state index in [2.05, 4.69) is 9.97 Å². The summed E-state index contributed by atoms with van der Waals surface area (Å²) in [6, 6.07) is 7.12. The van der Waals surface area contributed by atoms with E-state index in [1.807, 2.05) is 0 Å². The molecule has 3 aromatic rings. The predicted molar refractivity (Wildman–Crippen MR) is 120 cm³/mol. The van der Waals surface area contributed by atoms with Gasteiger partial charge in [-0.2, -0.15) is 0 Å². The lowest BCUT2D eigenvalue weighted by Gasteiger charge is -2.17. The summed E-state index contributed by atoms with van der Waals surface area (Å²) in [7, 11) is 1.75. The molecule has 4 rings (SSSR count). The minimum Gasteiger partial charge on any atom is -0.492 e. The number of benzene rings is 1. The molecule has 0 spiro atoms. The number of hydrogen-bond donors (Lipinski definition) is 1. The number of rotatable bonds is 7. The fourth-order valence-electron chi connectivity index (χ4n) is 3.70. The van der Waals surface area contributed by atoms with Crippen molar-refractivity contribution in [2.75, 3.05) is 20.2 Å². The Morgan fingerprint density at radius 1 is 1.27 bits per heavy atom. The van der Waals surface area contributed by atoms with Crippen LogP contribution in [0, 0.1) is 0 Å². The Hall–Kier alpha value is -2.38. The van der Waals surface area contributed by atoms with Crippen LogP contribution in [0.1, 0.15) is 35.5 Å². The molecule has 1 amide bonds. The first-order valence-corrected chi connectivity index (χ1v) is 11.4. The molecule has 1 aliphatic rings. The monoisotopic (exact) mass is 445 g/mol. The van der Waals surface area contributed by atoms with E-state index in [1.165, 1.54) is 16.9 Å². The second kappa shape index (κ2) is 9.18. The van der Waals surface area contributed by atoms with Gasteiger partial charge in [0.05, 0.1) is 11.9 Å². The first kappa shape index (κ1) is 20.9. The number of fused-ring (bicyclic) bond motifs is 3. The van der Waals surface area contributed by atoms with E-state index in [0.717, 1.165) is 29.5 Å². The Labute approximate surface area is 183 Å². The molecular weight excluding hydrogens is 422 g/mol. The number of nitrogens with zero attached hydrogens (tertiary/aromatic N) is 2. The van der Waals surface area contributed by atoms with Gasteiger partial charge in [-0.3, -0.25) is 9.59 Å². The van der Waals surface area contributed by atoms with Gasteiger partial charge in [-0.05, 0) is 55.5 Å². The Bertz CT molecular complexity index is 1110. The van der Waals surface area contributed by atoms with Crippen molar-refractivity contribution < 1.29 is 9.53 Å². The molecule has 1 aromatic carbocycles. The van der Waals surface area contributed by atoms with Crippen LogP contribution >= 0.6 is 22.9 Å². The van der Waals surface area contributed by atoms with Crippen molar-refractivity contribution in [3.05, 3.63) is 55.9 Å². The molecule has 0 saturated carbocycles. The third-order valence-electron chi connectivity index (χ3n) is 5.38. The van der Waals surface area contributed by atoms with Crippen molar-refractivity contribution in [3.63, 3.8) is 0 Å². The van der Waals surface area contributed by atoms with Crippen molar-refractivity contribution in [1.82, 2.24) is 14.9 Å². The van der Waals surface area contributed by atoms with Crippen molar-refractivity contribution in [2.24, 2.45) is 0 Å². The van der Waals surface area contributed by atoms with Crippen molar-refractivity contribution in [3.8, 4) is 5.75 Å². The molecule has 2 heterocycles.